The van der Waals surface area contributed by atoms with Crippen LogP contribution in [-0.2, 0) is 14.3 Å². The van der Waals surface area contributed by atoms with E-state index >= 15 is 0 Å². The van der Waals surface area contributed by atoms with Gasteiger partial charge in [-0.15, -0.1) is 13.2 Å². The molecule has 1 aromatic carbocycles. The molecule has 6 nitrogen and oxygen atoms in total. The third kappa shape index (κ3) is 4.31. The number of carbonyl (C=O) groups excluding carboxylic acids is 3. The molecule has 0 aliphatic rings. The molecule has 0 aliphatic heterocycles. The molecule has 0 fully saturated rings. The summed E-state index contributed by atoms with van der Waals surface area (Å²) in [5.41, 5.74) is 0.384. The number of carbonyl (C=O) groups is 3. The van der Waals surface area contributed by atoms with Gasteiger partial charge in [-0.05, 0) is 12.1 Å². The van der Waals surface area contributed by atoms with E-state index in [0.717, 1.165) is 0 Å². The van der Waals surface area contributed by atoms with E-state index in [1.54, 1.807) is 12.1 Å². The smallest absolute Gasteiger partial charge is 0.339 e. The van der Waals surface area contributed by atoms with Crippen molar-refractivity contribution in [3.8, 4) is 0 Å². The minimum absolute atomic E-state index is 0.171. The number of benzene rings is 1. The van der Waals surface area contributed by atoms with Crippen LogP contribution in [0.25, 0.3) is 0 Å². The standard InChI is InChI=1S/C16H18N2O4/c1-4-10-18(11-5-2)15(20)14(19)17-13-9-7-6-8-12(13)16(21)22-3/h4-9H,1-2,10-11H2,3H3,(H,17,19). The van der Waals surface area contributed by atoms with Gasteiger partial charge in [-0.3, -0.25) is 9.59 Å². The summed E-state index contributed by atoms with van der Waals surface area (Å²) in [6.45, 7) is 7.51. The van der Waals surface area contributed by atoms with Crippen molar-refractivity contribution in [3.63, 3.8) is 0 Å². The lowest BCUT2D eigenvalue weighted by Crippen LogP contribution is -2.40. The Morgan fingerprint density at radius 1 is 1.18 bits per heavy atom. The Hall–Kier alpha value is -2.89. The van der Waals surface area contributed by atoms with E-state index in [1.807, 2.05) is 0 Å². The Balaban J connectivity index is 2.92. The third-order valence-corrected chi connectivity index (χ3v) is 2.76. The lowest BCUT2D eigenvalue weighted by Gasteiger charge is -2.18. The summed E-state index contributed by atoms with van der Waals surface area (Å²) < 4.78 is 4.63. The first-order valence-electron chi connectivity index (χ1n) is 6.54. The number of anilines is 1. The van der Waals surface area contributed by atoms with E-state index in [4.69, 9.17) is 0 Å². The molecular weight excluding hydrogens is 284 g/mol. The number of ether oxygens (including phenoxy) is 1. The SMILES string of the molecule is C=CCN(CC=C)C(=O)C(=O)Nc1ccccc1C(=O)OC. The maximum Gasteiger partial charge on any atom is 0.339 e. The highest BCUT2D eigenvalue weighted by atomic mass is 16.5. The van der Waals surface area contributed by atoms with Gasteiger partial charge in [0, 0.05) is 13.1 Å². The van der Waals surface area contributed by atoms with Crippen molar-refractivity contribution in [3.05, 3.63) is 55.1 Å². The van der Waals surface area contributed by atoms with Gasteiger partial charge in [-0.2, -0.15) is 0 Å². The van der Waals surface area contributed by atoms with Crippen molar-refractivity contribution in [1.29, 1.82) is 0 Å². The van der Waals surface area contributed by atoms with Gasteiger partial charge < -0.3 is 15.0 Å². The van der Waals surface area contributed by atoms with E-state index in [2.05, 4.69) is 23.2 Å². The number of hydrogen-bond acceptors (Lipinski definition) is 4. The molecular formula is C16H18N2O4. The quantitative estimate of drug-likeness (QED) is 0.492. The lowest BCUT2D eigenvalue weighted by molar-refractivity contribution is -0.142. The molecule has 0 atom stereocenters. The van der Waals surface area contributed by atoms with Crippen molar-refractivity contribution < 1.29 is 19.1 Å². The number of nitrogens with one attached hydrogen (secondary N) is 1. The van der Waals surface area contributed by atoms with Crippen molar-refractivity contribution >= 4 is 23.5 Å². The first-order valence-corrected chi connectivity index (χ1v) is 6.54. The average Bonchev–Trinajstić information content (AvgIpc) is 2.53. The Morgan fingerprint density at radius 3 is 2.32 bits per heavy atom. The predicted octanol–water partition coefficient (Wildman–Crippen LogP) is 1.61. The molecule has 22 heavy (non-hydrogen) atoms. The maximum absolute atomic E-state index is 12.1. The number of hydrogen-bond donors (Lipinski definition) is 1. The second kappa shape index (κ2) is 8.41. The van der Waals surface area contributed by atoms with Crippen molar-refractivity contribution in [2.45, 2.75) is 0 Å². The average molecular weight is 302 g/mol. The van der Waals surface area contributed by atoms with Crippen molar-refractivity contribution in [2.75, 3.05) is 25.5 Å². The highest BCUT2D eigenvalue weighted by Crippen LogP contribution is 2.16. The number of amides is 2. The fourth-order valence-corrected chi connectivity index (χ4v) is 1.75. The molecule has 116 valence electrons. The normalized spacial score (nSPS) is 9.50. The highest BCUT2D eigenvalue weighted by Gasteiger charge is 2.22. The minimum atomic E-state index is -0.847. The summed E-state index contributed by atoms with van der Waals surface area (Å²) in [4.78, 5) is 37.0. The second-order valence-corrected chi connectivity index (χ2v) is 4.28. The molecule has 0 aliphatic carbocycles. The van der Waals surface area contributed by atoms with Crippen LogP contribution in [0.5, 0.6) is 0 Å². The Bertz CT molecular complexity index is 586. The summed E-state index contributed by atoms with van der Waals surface area (Å²) in [6, 6.07) is 6.28. The second-order valence-electron chi connectivity index (χ2n) is 4.28. The van der Waals surface area contributed by atoms with Gasteiger partial charge in [-0.25, -0.2) is 4.79 Å². The van der Waals surface area contributed by atoms with Gasteiger partial charge in [0.05, 0.1) is 18.4 Å². The Morgan fingerprint density at radius 2 is 1.77 bits per heavy atom. The molecule has 2 amide bonds. The first-order chi connectivity index (χ1) is 10.5. The van der Waals surface area contributed by atoms with Crippen LogP contribution in [0.15, 0.2) is 49.6 Å². The third-order valence-electron chi connectivity index (χ3n) is 2.76. The number of methoxy groups -OCH3 is 1. The number of para-hydroxylation sites is 1. The topological polar surface area (TPSA) is 75.7 Å². The molecule has 0 radical (unpaired) electrons. The summed E-state index contributed by atoms with van der Waals surface area (Å²) in [7, 11) is 1.24. The van der Waals surface area contributed by atoms with Gasteiger partial charge in [0.25, 0.3) is 0 Å². The van der Waals surface area contributed by atoms with E-state index in [-0.39, 0.29) is 24.3 Å². The van der Waals surface area contributed by atoms with Gasteiger partial charge >= 0.3 is 17.8 Å². The zero-order valence-electron chi connectivity index (χ0n) is 12.4. The van der Waals surface area contributed by atoms with Gasteiger partial charge in [0.15, 0.2) is 0 Å². The van der Waals surface area contributed by atoms with Crippen LogP contribution in [-0.4, -0.2) is 42.9 Å². The molecule has 1 aromatic rings. The molecule has 1 rings (SSSR count). The molecule has 0 bridgehead atoms. The molecule has 0 heterocycles. The predicted molar refractivity (Wildman–Crippen MR) is 83.4 cm³/mol. The van der Waals surface area contributed by atoms with Crippen molar-refractivity contribution in [1.82, 2.24) is 4.90 Å². The van der Waals surface area contributed by atoms with Crippen LogP contribution in [0.1, 0.15) is 10.4 Å². The Kier molecular flexibility index (Phi) is 6.56. The van der Waals surface area contributed by atoms with Gasteiger partial charge in [0.1, 0.15) is 0 Å². The van der Waals surface area contributed by atoms with Crippen LogP contribution in [0, 0.1) is 0 Å². The highest BCUT2D eigenvalue weighted by molar-refractivity contribution is 6.39. The number of esters is 1. The first kappa shape index (κ1) is 17.2. The van der Waals surface area contributed by atoms with Gasteiger partial charge in [-0.1, -0.05) is 24.3 Å². The molecule has 0 saturated carbocycles. The Labute approximate surface area is 129 Å². The molecule has 0 aromatic heterocycles. The summed E-state index contributed by atoms with van der Waals surface area (Å²) in [5, 5.41) is 2.42. The number of nitrogens with zero attached hydrogens (tertiary/aromatic N) is 1. The van der Waals surface area contributed by atoms with Crippen LogP contribution in [0.4, 0.5) is 5.69 Å². The lowest BCUT2D eigenvalue weighted by atomic mass is 10.2. The summed E-state index contributed by atoms with van der Waals surface area (Å²) in [6.07, 6.45) is 3.02. The van der Waals surface area contributed by atoms with E-state index < -0.39 is 17.8 Å². The molecule has 1 N–H and O–H groups in total. The monoisotopic (exact) mass is 302 g/mol. The zero-order valence-corrected chi connectivity index (χ0v) is 12.4. The van der Waals surface area contributed by atoms with E-state index in [1.165, 1.54) is 36.3 Å². The minimum Gasteiger partial charge on any atom is -0.465 e. The molecule has 0 saturated heterocycles. The van der Waals surface area contributed by atoms with Gasteiger partial charge in [0.2, 0.25) is 0 Å². The molecule has 6 heteroatoms. The molecule has 0 unspecified atom stereocenters. The summed E-state index contributed by atoms with van der Waals surface area (Å²) in [5.74, 6) is -2.18. The van der Waals surface area contributed by atoms with E-state index in [0.29, 0.717) is 0 Å². The zero-order chi connectivity index (χ0) is 16.5. The van der Waals surface area contributed by atoms with Crippen LogP contribution in [0.2, 0.25) is 0 Å². The van der Waals surface area contributed by atoms with Crippen LogP contribution < -0.4 is 5.32 Å². The fraction of sp³-hybridized carbons (Fsp3) is 0.188. The maximum atomic E-state index is 12.1. The van der Waals surface area contributed by atoms with Crippen LogP contribution in [0.3, 0.4) is 0 Å². The van der Waals surface area contributed by atoms with Crippen molar-refractivity contribution in [2.24, 2.45) is 0 Å². The largest absolute Gasteiger partial charge is 0.465 e. The van der Waals surface area contributed by atoms with Crippen LogP contribution >= 0.6 is 0 Å². The molecule has 0 spiro atoms. The fourth-order valence-electron chi connectivity index (χ4n) is 1.75. The summed E-state index contributed by atoms with van der Waals surface area (Å²) >= 11 is 0. The number of rotatable bonds is 6. The van der Waals surface area contributed by atoms with E-state index in [9.17, 15) is 14.4 Å².